The van der Waals surface area contributed by atoms with Crippen LogP contribution in [0.2, 0.25) is 0 Å². The fourth-order valence-corrected chi connectivity index (χ4v) is 2.71. The summed E-state index contributed by atoms with van der Waals surface area (Å²) >= 11 is 0. The van der Waals surface area contributed by atoms with Crippen LogP contribution in [0.1, 0.15) is 5.69 Å². The Morgan fingerprint density at radius 3 is 2.25 bits per heavy atom. The first-order chi connectivity index (χ1) is 13.5. The van der Waals surface area contributed by atoms with Gasteiger partial charge in [-0.05, 0) is 43.3 Å². The van der Waals surface area contributed by atoms with Crippen molar-refractivity contribution in [1.29, 1.82) is 0 Å². The number of rotatable bonds is 7. The summed E-state index contributed by atoms with van der Waals surface area (Å²) in [5.41, 5.74) is 3.65. The van der Waals surface area contributed by atoms with Crippen LogP contribution in [0, 0.1) is 6.92 Å². The van der Waals surface area contributed by atoms with E-state index in [1.54, 1.807) is 14.2 Å². The first-order valence-electron chi connectivity index (χ1n) is 8.87. The van der Waals surface area contributed by atoms with E-state index in [0.717, 1.165) is 28.5 Å². The third kappa shape index (κ3) is 4.62. The van der Waals surface area contributed by atoms with Crippen molar-refractivity contribution < 1.29 is 9.47 Å². The average molecular weight is 379 g/mol. The minimum atomic E-state index is 0.516. The lowest BCUT2D eigenvalue weighted by Gasteiger charge is -2.14. The van der Waals surface area contributed by atoms with Crippen LogP contribution < -0.4 is 25.0 Å². The lowest BCUT2D eigenvalue weighted by molar-refractivity contribution is 0.405. The number of aromatic nitrogens is 2. The number of methoxy groups -OCH3 is 2. The zero-order chi connectivity index (χ0) is 20.1. The summed E-state index contributed by atoms with van der Waals surface area (Å²) < 4.78 is 10.7. The summed E-state index contributed by atoms with van der Waals surface area (Å²) in [4.78, 5) is 11.1. The van der Waals surface area contributed by atoms with E-state index in [9.17, 15) is 0 Å². The molecule has 0 fully saturated rings. The van der Waals surface area contributed by atoms with Gasteiger partial charge in [0.1, 0.15) is 17.3 Å². The molecule has 0 bridgehead atoms. The Hall–Kier alpha value is -3.48. The molecule has 7 nitrogen and oxygen atoms in total. The van der Waals surface area contributed by atoms with E-state index in [2.05, 4.69) is 25.5 Å². The number of hydrogen-bond donors (Lipinski definition) is 2. The molecular weight excluding hydrogens is 354 g/mol. The molecule has 0 aliphatic heterocycles. The van der Waals surface area contributed by atoms with Gasteiger partial charge in [-0.1, -0.05) is 0 Å². The van der Waals surface area contributed by atoms with Gasteiger partial charge in [0.15, 0.2) is 0 Å². The standard InChI is InChI=1S/C21H25N5O2/c1-14-12-20(24-18-13-17(27-4)10-11-19(18)28-5)25-21(22-14)23-15-6-8-16(9-7-15)26(2)3/h6-13H,1-5H3,(H2,22,23,24,25). The molecule has 2 N–H and O–H groups in total. The van der Waals surface area contributed by atoms with Crippen molar-refractivity contribution in [2.45, 2.75) is 6.92 Å². The summed E-state index contributed by atoms with van der Waals surface area (Å²) in [6, 6.07) is 15.5. The van der Waals surface area contributed by atoms with Crippen molar-refractivity contribution in [3.63, 3.8) is 0 Å². The number of ether oxygens (including phenoxy) is 2. The van der Waals surface area contributed by atoms with Gasteiger partial charge in [-0.2, -0.15) is 4.98 Å². The van der Waals surface area contributed by atoms with Gasteiger partial charge in [0.25, 0.3) is 0 Å². The number of anilines is 5. The molecule has 146 valence electrons. The Bertz CT molecular complexity index is 942. The number of nitrogens with zero attached hydrogens (tertiary/aromatic N) is 3. The van der Waals surface area contributed by atoms with Crippen LogP contribution in [-0.4, -0.2) is 38.3 Å². The van der Waals surface area contributed by atoms with Crippen molar-refractivity contribution in [3.8, 4) is 11.5 Å². The third-order valence-corrected chi connectivity index (χ3v) is 4.16. The quantitative estimate of drug-likeness (QED) is 0.632. The fourth-order valence-electron chi connectivity index (χ4n) is 2.71. The molecule has 0 saturated carbocycles. The summed E-state index contributed by atoms with van der Waals surface area (Å²) in [6.45, 7) is 1.93. The van der Waals surface area contributed by atoms with Gasteiger partial charge >= 0.3 is 0 Å². The van der Waals surface area contributed by atoms with Crippen molar-refractivity contribution in [3.05, 3.63) is 54.2 Å². The van der Waals surface area contributed by atoms with Gasteiger partial charge in [0.05, 0.1) is 19.9 Å². The van der Waals surface area contributed by atoms with Crippen molar-refractivity contribution in [2.24, 2.45) is 0 Å². The molecule has 2 aromatic carbocycles. The number of hydrogen-bond acceptors (Lipinski definition) is 7. The fraction of sp³-hybridized carbons (Fsp3) is 0.238. The zero-order valence-electron chi connectivity index (χ0n) is 16.8. The highest BCUT2D eigenvalue weighted by Gasteiger charge is 2.09. The highest BCUT2D eigenvalue weighted by molar-refractivity contribution is 5.67. The van der Waals surface area contributed by atoms with Crippen molar-refractivity contribution >= 4 is 28.8 Å². The third-order valence-electron chi connectivity index (χ3n) is 4.16. The molecule has 28 heavy (non-hydrogen) atoms. The normalized spacial score (nSPS) is 10.3. The number of aryl methyl sites for hydroxylation is 1. The predicted octanol–water partition coefficient (Wildman–Crippen LogP) is 4.36. The second-order valence-corrected chi connectivity index (χ2v) is 6.48. The molecule has 0 saturated heterocycles. The van der Waals surface area contributed by atoms with Crippen LogP contribution >= 0.6 is 0 Å². The zero-order valence-corrected chi connectivity index (χ0v) is 16.8. The molecule has 0 aliphatic carbocycles. The molecular formula is C21H25N5O2. The van der Waals surface area contributed by atoms with E-state index in [4.69, 9.17) is 9.47 Å². The van der Waals surface area contributed by atoms with Crippen LogP contribution in [0.3, 0.4) is 0 Å². The maximum atomic E-state index is 5.42. The molecule has 0 aliphatic rings. The van der Waals surface area contributed by atoms with Crippen LogP contribution in [0.15, 0.2) is 48.5 Å². The van der Waals surface area contributed by atoms with E-state index in [-0.39, 0.29) is 0 Å². The lowest BCUT2D eigenvalue weighted by atomic mass is 10.2. The van der Waals surface area contributed by atoms with Gasteiger partial charge in [0.2, 0.25) is 5.95 Å². The monoisotopic (exact) mass is 379 g/mol. The van der Waals surface area contributed by atoms with Crippen LogP contribution in [-0.2, 0) is 0 Å². The second-order valence-electron chi connectivity index (χ2n) is 6.48. The molecule has 0 radical (unpaired) electrons. The molecule has 0 amide bonds. The van der Waals surface area contributed by atoms with Crippen LogP contribution in [0.4, 0.5) is 28.8 Å². The predicted molar refractivity (Wildman–Crippen MR) is 114 cm³/mol. The summed E-state index contributed by atoms with van der Waals surface area (Å²) in [6.07, 6.45) is 0. The summed E-state index contributed by atoms with van der Waals surface area (Å²) in [7, 11) is 7.28. The lowest BCUT2D eigenvalue weighted by Crippen LogP contribution is -2.08. The van der Waals surface area contributed by atoms with Gasteiger partial charge in [-0.3, -0.25) is 0 Å². The Kier molecular flexibility index (Phi) is 5.84. The van der Waals surface area contributed by atoms with Crippen LogP contribution in [0.5, 0.6) is 11.5 Å². The van der Waals surface area contributed by atoms with E-state index in [0.29, 0.717) is 17.5 Å². The highest BCUT2D eigenvalue weighted by Crippen LogP contribution is 2.31. The molecule has 7 heteroatoms. The molecule has 1 aromatic heterocycles. The molecule has 3 rings (SSSR count). The van der Waals surface area contributed by atoms with E-state index < -0.39 is 0 Å². The minimum Gasteiger partial charge on any atom is -0.497 e. The van der Waals surface area contributed by atoms with Gasteiger partial charge in [-0.15, -0.1) is 0 Å². The Balaban J connectivity index is 1.84. The smallest absolute Gasteiger partial charge is 0.229 e. The SMILES string of the molecule is COc1ccc(OC)c(Nc2cc(C)nc(Nc3ccc(N(C)C)cc3)n2)c1. The largest absolute Gasteiger partial charge is 0.497 e. The maximum absolute atomic E-state index is 5.42. The van der Waals surface area contributed by atoms with Gasteiger partial charge in [0, 0.05) is 43.3 Å². The Morgan fingerprint density at radius 2 is 1.61 bits per heavy atom. The van der Waals surface area contributed by atoms with Crippen molar-refractivity contribution in [2.75, 3.05) is 43.8 Å². The summed E-state index contributed by atoms with van der Waals surface area (Å²) in [5, 5.41) is 6.54. The molecule has 1 heterocycles. The van der Waals surface area contributed by atoms with E-state index in [1.165, 1.54) is 0 Å². The second kappa shape index (κ2) is 8.47. The van der Waals surface area contributed by atoms with Crippen molar-refractivity contribution in [1.82, 2.24) is 9.97 Å². The Morgan fingerprint density at radius 1 is 0.857 bits per heavy atom. The summed E-state index contributed by atoms with van der Waals surface area (Å²) in [5.74, 6) is 2.60. The molecule has 0 atom stereocenters. The topological polar surface area (TPSA) is 71.5 Å². The number of nitrogens with one attached hydrogen (secondary N) is 2. The maximum Gasteiger partial charge on any atom is 0.229 e. The minimum absolute atomic E-state index is 0.516. The first-order valence-corrected chi connectivity index (χ1v) is 8.87. The van der Waals surface area contributed by atoms with Crippen LogP contribution in [0.25, 0.3) is 0 Å². The molecule has 3 aromatic rings. The van der Waals surface area contributed by atoms with Gasteiger partial charge < -0.3 is 25.0 Å². The van der Waals surface area contributed by atoms with E-state index >= 15 is 0 Å². The van der Waals surface area contributed by atoms with E-state index in [1.807, 2.05) is 69.6 Å². The van der Waals surface area contributed by atoms with Gasteiger partial charge in [-0.25, -0.2) is 4.98 Å². The molecule has 0 unspecified atom stereocenters. The Labute approximate surface area is 165 Å². The average Bonchev–Trinajstić information content (AvgIpc) is 2.68. The number of benzene rings is 2. The highest BCUT2D eigenvalue weighted by atomic mass is 16.5. The first kappa shape index (κ1) is 19.3. The molecule has 0 spiro atoms.